The molecule has 2 heterocycles. The van der Waals surface area contributed by atoms with Crippen LogP contribution in [0.5, 0.6) is 0 Å². The van der Waals surface area contributed by atoms with Gasteiger partial charge in [0.25, 0.3) is 11.5 Å². The molecular formula is C10H11N3O3S. The van der Waals surface area contributed by atoms with Crippen LogP contribution < -0.4 is 11.3 Å². The molecule has 6 nitrogen and oxygen atoms in total. The Labute approximate surface area is 101 Å². The van der Waals surface area contributed by atoms with Gasteiger partial charge in [-0.2, -0.15) is 0 Å². The predicted molar refractivity (Wildman–Crippen MR) is 64.1 cm³/mol. The normalized spacial score (nSPS) is 10.9. The Kier molecular flexibility index (Phi) is 2.95. The van der Waals surface area contributed by atoms with Gasteiger partial charge in [0.1, 0.15) is 17.9 Å². The lowest BCUT2D eigenvalue weighted by Gasteiger charge is -2.02. The van der Waals surface area contributed by atoms with E-state index in [-0.39, 0.29) is 12.3 Å². The third kappa shape index (κ3) is 1.83. The molecule has 2 aromatic heterocycles. The number of carbonyl (C=O) groups is 1. The van der Waals surface area contributed by atoms with Gasteiger partial charge in [-0.3, -0.25) is 14.2 Å². The Hall–Kier alpha value is -1.73. The fourth-order valence-corrected chi connectivity index (χ4v) is 2.62. The summed E-state index contributed by atoms with van der Waals surface area (Å²) < 4.78 is 6.23. The van der Waals surface area contributed by atoms with Gasteiger partial charge < -0.3 is 10.5 Å². The molecule has 17 heavy (non-hydrogen) atoms. The minimum absolute atomic E-state index is 0.128. The molecule has 0 fully saturated rings. The van der Waals surface area contributed by atoms with E-state index in [1.165, 1.54) is 18.0 Å². The number of aryl methyl sites for hydroxylation is 1. The summed E-state index contributed by atoms with van der Waals surface area (Å²) >= 11 is 1.13. The van der Waals surface area contributed by atoms with Gasteiger partial charge >= 0.3 is 0 Å². The molecule has 2 N–H and O–H groups in total. The maximum atomic E-state index is 12.1. The fourth-order valence-electron chi connectivity index (χ4n) is 1.63. The van der Waals surface area contributed by atoms with Crippen molar-refractivity contribution in [3.05, 3.63) is 27.1 Å². The lowest BCUT2D eigenvalue weighted by molar-refractivity contribution is 0.100. The average Bonchev–Trinajstić information content (AvgIpc) is 2.61. The van der Waals surface area contributed by atoms with E-state index in [2.05, 4.69) is 4.98 Å². The van der Waals surface area contributed by atoms with Crippen molar-refractivity contribution in [3.63, 3.8) is 0 Å². The van der Waals surface area contributed by atoms with E-state index in [1.54, 1.807) is 6.92 Å². The molecule has 0 aliphatic carbocycles. The first-order valence-electron chi connectivity index (χ1n) is 4.83. The number of fused-ring (bicyclic) bond motifs is 1. The van der Waals surface area contributed by atoms with Crippen LogP contribution in [0.4, 0.5) is 0 Å². The number of nitrogens with zero attached hydrogens (tertiary/aromatic N) is 2. The summed E-state index contributed by atoms with van der Waals surface area (Å²) in [6.07, 6.45) is 1.40. The van der Waals surface area contributed by atoms with Gasteiger partial charge in [0.15, 0.2) is 0 Å². The lowest BCUT2D eigenvalue weighted by atomic mass is 10.2. The van der Waals surface area contributed by atoms with Crippen LogP contribution in [0.25, 0.3) is 10.2 Å². The molecule has 0 saturated carbocycles. The number of carbonyl (C=O) groups excluding carboxylic acids is 1. The van der Waals surface area contributed by atoms with Crippen LogP contribution in [-0.4, -0.2) is 22.6 Å². The summed E-state index contributed by atoms with van der Waals surface area (Å²) in [6, 6.07) is 0. The van der Waals surface area contributed by atoms with Gasteiger partial charge in [-0.1, -0.05) is 0 Å². The highest BCUT2D eigenvalue weighted by Gasteiger charge is 2.17. The number of primary amides is 1. The van der Waals surface area contributed by atoms with E-state index in [0.29, 0.717) is 20.7 Å². The van der Waals surface area contributed by atoms with Crippen LogP contribution in [0.1, 0.15) is 15.2 Å². The van der Waals surface area contributed by atoms with Crippen molar-refractivity contribution >= 4 is 27.5 Å². The first-order chi connectivity index (χ1) is 8.06. The summed E-state index contributed by atoms with van der Waals surface area (Å²) in [7, 11) is 1.49. The number of hydrogen-bond donors (Lipinski definition) is 1. The van der Waals surface area contributed by atoms with Gasteiger partial charge in [-0.05, 0) is 12.5 Å². The zero-order chi connectivity index (χ0) is 12.6. The van der Waals surface area contributed by atoms with Crippen molar-refractivity contribution in [2.45, 2.75) is 13.7 Å². The first kappa shape index (κ1) is 11.7. The molecule has 7 heteroatoms. The molecule has 1 amide bonds. The molecule has 0 spiro atoms. The van der Waals surface area contributed by atoms with Crippen molar-refractivity contribution in [1.29, 1.82) is 0 Å². The number of ether oxygens (including phenoxy) is 1. The summed E-state index contributed by atoms with van der Waals surface area (Å²) in [6.45, 7) is 1.82. The first-order valence-corrected chi connectivity index (χ1v) is 5.65. The highest BCUT2D eigenvalue weighted by atomic mass is 32.1. The Bertz CT molecular complexity index is 644. The van der Waals surface area contributed by atoms with E-state index >= 15 is 0 Å². The average molecular weight is 253 g/mol. The zero-order valence-electron chi connectivity index (χ0n) is 9.39. The molecule has 0 unspecified atom stereocenters. The van der Waals surface area contributed by atoms with Crippen molar-refractivity contribution in [1.82, 2.24) is 9.55 Å². The lowest BCUT2D eigenvalue weighted by Crippen LogP contribution is -2.21. The van der Waals surface area contributed by atoms with E-state index in [4.69, 9.17) is 10.5 Å². The Morgan fingerprint density at radius 3 is 2.94 bits per heavy atom. The minimum atomic E-state index is -0.539. The second-order valence-corrected chi connectivity index (χ2v) is 4.54. The topological polar surface area (TPSA) is 87.2 Å². The van der Waals surface area contributed by atoms with Gasteiger partial charge in [0.2, 0.25) is 0 Å². The third-order valence-electron chi connectivity index (χ3n) is 2.41. The largest absolute Gasteiger partial charge is 0.365 e. The summed E-state index contributed by atoms with van der Waals surface area (Å²) in [5, 5.41) is 0.434. The molecule has 2 aromatic rings. The fraction of sp³-hybridized carbons (Fsp3) is 0.300. The quantitative estimate of drug-likeness (QED) is 0.861. The molecule has 0 aromatic carbocycles. The molecule has 2 rings (SSSR count). The number of aromatic nitrogens is 2. The molecule has 90 valence electrons. The summed E-state index contributed by atoms with van der Waals surface area (Å²) in [4.78, 5) is 28.3. The number of rotatable bonds is 3. The van der Waals surface area contributed by atoms with Gasteiger partial charge in [0, 0.05) is 7.11 Å². The summed E-state index contributed by atoms with van der Waals surface area (Å²) in [5.74, 6) is -0.539. The summed E-state index contributed by atoms with van der Waals surface area (Å²) in [5.41, 5.74) is 5.60. The molecule has 0 bridgehead atoms. The number of nitrogens with two attached hydrogens (primary N) is 1. The van der Waals surface area contributed by atoms with Crippen LogP contribution in [0.15, 0.2) is 11.1 Å². The Balaban J connectivity index is 2.77. The highest BCUT2D eigenvalue weighted by Crippen LogP contribution is 2.25. The minimum Gasteiger partial charge on any atom is -0.365 e. The molecule has 0 saturated heterocycles. The Morgan fingerprint density at radius 1 is 1.65 bits per heavy atom. The van der Waals surface area contributed by atoms with Crippen molar-refractivity contribution in [2.24, 2.45) is 5.73 Å². The molecule has 0 aliphatic heterocycles. The van der Waals surface area contributed by atoms with Crippen LogP contribution in [0.3, 0.4) is 0 Å². The van der Waals surface area contributed by atoms with E-state index in [9.17, 15) is 9.59 Å². The second-order valence-electron chi connectivity index (χ2n) is 3.54. The Morgan fingerprint density at radius 2 is 2.35 bits per heavy atom. The molecule has 0 aliphatic rings. The number of amides is 1. The van der Waals surface area contributed by atoms with Crippen LogP contribution >= 0.6 is 11.3 Å². The maximum Gasteiger partial charge on any atom is 0.264 e. The van der Waals surface area contributed by atoms with Crippen molar-refractivity contribution in [3.8, 4) is 0 Å². The van der Waals surface area contributed by atoms with E-state index in [0.717, 1.165) is 11.3 Å². The highest BCUT2D eigenvalue weighted by molar-refractivity contribution is 7.20. The monoisotopic (exact) mass is 253 g/mol. The zero-order valence-corrected chi connectivity index (χ0v) is 10.2. The van der Waals surface area contributed by atoms with Crippen LogP contribution in [-0.2, 0) is 11.5 Å². The second kappa shape index (κ2) is 4.27. The number of thiophene rings is 1. The third-order valence-corrected chi connectivity index (χ3v) is 3.62. The number of methoxy groups -OCH3 is 1. The molecular weight excluding hydrogens is 242 g/mol. The van der Waals surface area contributed by atoms with Gasteiger partial charge in [0.05, 0.1) is 10.3 Å². The maximum absolute atomic E-state index is 12.1. The van der Waals surface area contributed by atoms with Crippen LogP contribution in [0, 0.1) is 6.92 Å². The van der Waals surface area contributed by atoms with Gasteiger partial charge in [-0.15, -0.1) is 11.3 Å². The molecule has 0 radical (unpaired) electrons. The number of hydrogen-bond acceptors (Lipinski definition) is 5. The smallest absolute Gasteiger partial charge is 0.264 e. The van der Waals surface area contributed by atoms with E-state index < -0.39 is 5.91 Å². The molecule has 0 atom stereocenters. The van der Waals surface area contributed by atoms with E-state index in [1.807, 2.05) is 0 Å². The SMILES string of the molecule is COCn1cnc2sc(C(N)=O)c(C)c2c1=O. The van der Waals surface area contributed by atoms with Crippen molar-refractivity contribution < 1.29 is 9.53 Å². The standard InChI is InChI=1S/C10H11N3O3S/c1-5-6-9(17-7(5)8(11)14)12-3-13(4-16-2)10(6)15/h3H,4H2,1-2H3,(H2,11,14). The van der Waals surface area contributed by atoms with Crippen molar-refractivity contribution in [2.75, 3.05) is 7.11 Å². The predicted octanol–water partition coefficient (Wildman–Crippen LogP) is 0.469. The van der Waals surface area contributed by atoms with Crippen LogP contribution in [0.2, 0.25) is 0 Å². The van der Waals surface area contributed by atoms with Gasteiger partial charge in [-0.25, -0.2) is 4.98 Å².